The molecule has 0 radical (unpaired) electrons. The molecule has 1 aliphatic rings. The highest BCUT2D eigenvalue weighted by atomic mass is 19.1. The van der Waals surface area contributed by atoms with E-state index in [0.717, 1.165) is 18.5 Å². The van der Waals surface area contributed by atoms with E-state index in [1.807, 2.05) is 24.5 Å². The van der Waals surface area contributed by atoms with Crippen LogP contribution in [-0.2, 0) is 13.0 Å². The van der Waals surface area contributed by atoms with Gasteiger partial charge in [-0.3, -0.25) is 14.3 Å². The Balaban J connectivity index is 1.67. The third kappa shape index (κ3) is 3.04. The summed E-state index contributed by atoms with van der Waals surface area (Å²) in [5.74, 6) is -0.281. The second-order valence-electron chi connectivity index (χ2n) is 7.03. The van der Waals surface area contributed by atoms with Crippen molar-refractivity contribution in [1.82, 2.24) is 19.3 Å². The first-order valence-electron chi connectivity index (χ1n) is 8.95. The smallest absolute Gasteiger partial charge is 0.199 e. The Morgan fingerprint density at radius 1 is 1.28 bits per heavy atom. The van der Waals surface area contributed by atoms with Gasteiger partial charge in [0.25, 0.3) is 0 Å². The maximum absolute atomic E-state index is 13.9. The molecule has 130 valence electrons. The molecule has 1 unspecified atom stereocenters. The summed E-state index contributed by atoms with van der Waals surface area (Å²) in [5.41, 5.74) is 4.09. The molecule has 3 aromatic rings. The molecule has 0 fully saturated rings. The Hall–Kier alpha value is -2.27. The quantitative estimate of drug-likeness (QED) is 0.670. The van der Waals surface area contributed by atoms with Gasteiger partial charge >= 0.3 is 0 Å². The molecule has 0 aromatic carbocycles. The van der Waals surface area contributed by atoms with Crippen LogP contribution in [0.25, 0.3) is 5.65 Å². The predicted molar refractivity (Wildman–Crippen MR) is 95.7 cm³/mol. The van der Waals surface area contributed by atoms with Crippen molar-refractivity contribution in [3.05, 3.63) is 65.6 Å². The van der Waals surface area contributed by atoms with E-state index in [-0.39, 0.29) is 5.95 Å². The Bertz CT molecular complexity index is 886. The van der Waals surface area contributed by atoms with E-state index < -0.39 is 0 Å². The van der Waals surface area contributed by atoms with Crippen molar-refractivity contribution in [2.75, 3.05) is 0 Å². The highest BCUT2D eigenvalue weighted by Gasteiger charge is 2.29. The van der Waals surface area contributed by atoms with Gasteiger partial charge < -0.3 is 0 Å². The number of fused-ring (bicyclic) bond motifs is 2. The maximum atomic E-state index is 13.9. The number of imidazole rings is 1. The molecule has 3 heterocycles. The lowest BCUT2D eigenvalue weighted by Crippen LogP contribution is -2.36. The zero-order valence-electron chi connectivity index (χ0n) is 14.7. The van der Waals surface area contributed by atoms with Crippen LogP contribution in [0.3, 0.4) is 0 Å². The minimum absolute atomic E-state index is 0.281. The molecule has 5 heteroatoms. The fourth-order valence-electron chi connectivity index (χ4n) is 3.85. The first-order valence-corrected chi connectivity index (χ1v) is 8.95. The van der Waals surface area contributed by atoms with Gasteiger partial charge in [-0.1, -0.05) is 12.1 Å². The fourth-order valence-corrected chi connectivity index (χ4v) is 3.85. The summed E-state index contributed by atoms with van der Waals surface area (Å²) in [4.78, 5) is 11.7. The normalized spacial score (nSPS) is 17.4. The minimum Gasteiger partial charge on any atom is -0.286 e. The Kier molecular flexibility index (Phi) is 4.25. The lowest BCUT2D eigenvalue weighted by atomic mass is 9.90. The van der Waals surface area contributed by atoms with E-state index in [0.29, 0.717) is 24.3 Å². The number of nitrogens with zero attached hydrogens (tertiary/aromatic N) is 4. The van der Waals surface area contributed by atoms with Crippen LogP contribution in [0.2, 0.25) is 0 Å². The fraction of sp³-hybridized carbons (Fsp3) is 0.400. The lowest BCUT2D eigenvalue weighted by Gasteiger charge is -2.37. The van der Waals surface area contributed by atoms with Gasteiger partial charge in [-0.15, -0.1) is 0 Å². The molecular weight excluding hydrogens is 315 g/mol. The molecule has 0 saturated carbocycles. The summed E-state index contributed by atoms with van der Waals surface area (Å²) >= 11 is 0. The Morgan fingerprint density at radius 3 is 2.96 bits per heavy atom. The topological polar surface area (TPSA) is 33.4 Å². The largest absolute Gasteiger partial charge is 0.286 e. The monoisotopic (exact) mass is 338 g/mol. The van der Waals surface area contributed by atoms with Crippen molar-refractivity contribution in [2.24, 2.45) is 0 Å². The van der Waals surface area contributed by atoms with Crippen LogP contribution in [0.4, 0.5) is 4.39 Å². The first kappa shape index (κ1) is 16.2. The van der Waals surface area contributed by atoms with Gasteiger partial charge in [-0.05, 0) is 56.9 Å². The molecule has 3 aromatic heterocycles. The molecule has 0 aliphatic heterocycles. The summed E-state index contributed by atoms with van der Waals surface area (Å²) in [6.45, 7) is 5.10. The van der Waals surface area contributed by atoms with E-state index in [2.05, 4.69) is 34.8 Å². The van der Waals surface area contributed by atoms with Gasteiger partial charge in [-0.25, -0.2) is 4.98 Å². The van der Waals surface area contributed by atoms with Crippen molar-refractivity contribution in [2.45, 2.75) is 51.7 Å². The number of rotatable bonds is 4. The minimum atomic E-state index is -0.281. The van der Waals surface area contributed by atoms with Gasteiger partial charge in [-0.2, -0.15) is 4.39 Å². The third-order valence-electron chi connectivity index (χ3n) is 5.07. The standard InChI is InChI=1S/C20H23FN4/c1-14(2)24(17-8-3-6-15-7-5-11-22-20(15)17)12-16-13-25-18(21)9-4-10-19(25)23-16/h4-5,7,9-11,13-14,17H,3,6,8,12H2,1-2H3. The number of hydrogen-bond donors (Lipinski definition) is 0. The predicted octanol–water partition coefficient (Wildman–Crippen LogP) is 4.16. The molecule has 4 rings (SSSR count). The number of hydrogen-bond acceptors (Lipinski definition) is 3. The number of halogens is 1. The van der Waals surface area contributed by atoms with E-state index in [4.69, 9.17) is 0 Å². The molecule has 1 atom stereocenters. The summed E-state index contributed by atoms with van der Waals surface area (Å²) in [7, 11) is 0. The Morgan fingerprint density at radius 2 is 2.16 bits per heavy atom. The molecule has 0 saturated heterocycles. The van der Waals surface area contributed by atoms with Crippen molar-refractivity contribution in [3.63, 3.8) is 0 Å². The highest BCUT2D eigenvalue weighted by Crippen LogP contribution is 2.34. The van der Waals surface area contributed by atoms with Crippen LogP contribution in [0, 0.1) is 5.95 Å². The summed E-state index contributed by atoms with van der Waals surface area (Å²) in [5, 5.41) is 0. The van der Waals surface area contributed by atoms with Crippen molar-refractivity contribution in [3.8, 4) is 0 Å². The van der Waals surface area contributed by atoms with Crippen LogP contribution < -0.4 is 0 Å². The molecule has 25 heavy (non-hydrogen) atoms. The van der Waals surface area contributed by atoms with Crippen molar-refractivity contribution >= 4 is 5.65 Å². The molecule has 0 spiro atoms. The van der Waals surface area contributed by atoms with E-state index in [1.165, 1.54) is 28.1 Å². The molecule has 0 N–H and O–H groups in total. The SMILES string of the molecule is CC(C)N(Cc1cn2c(F)cccc2n1)C1CCCc2cccnc21. The van der Waals surface area contributed by atoms with Crippen LogP contribution in [0.1, 0.15) is 49.7 Å². The number of aromatic nitrogens is 3. The molecular formula is C20H23FN4. The third-order valence-corrected chi connectivity index (χ3v) is 5.07. The zero-order chi connectivity index (χ0) is 17.4. The second kappa shape index (κ2) is 6.56. The van der Waals surface area contributed by atoms with Crippen LogP contribution in [-0.4, -0.2) is 25.3 Å². The molecule has 0 bridgehead atoms. The summed E-state index contributed by atoms with van der Waals surface area (Å²) in [6, 6.07) is 9.85. The van der Waals surface area contributed by atoms with Gasteiger partial charge in [0.1, 0.15) is 5.65 Å². The second-order valence-corrected chi connectivity index (χ2v) is 7.03. The van der Waals surface area contributed by atoms with E-state index in [9.17, 15) is 4.39 Å². The molecule has 1 aliphatic carbocycles. The van der Waals surface area contributed by atoms with Crippen molar-refractivity contribution < 1.29 is 4.39 Å². The first-order chi connectivity index (χ1) is 12.1. The number of pyridine rings is 2. The van der Waals surface area contributed by atoms with Gasteiger partial charge in [0.15, 0.2) is 5.95 Å². The molecule has 0 amide bonds. The van der Waals surface area contributed by atoms with Gasteiger partial charge in [0.2, 0.25) is 0 Å². The van der Waals surface area contributed by atoms with Crippen LogP contribution >= 0.6 is 0 Å². The lowest BCUT2D eigenvalue weighted by molar-refractivity contribution is 0.124. The van der Waals surface area contributed by atoms with Gasteiger partial charge in [0.05, 0.1) is 17.4 Å². The average molecular weight is 338 g/mol. The summed E-state index contributed by atoms with van der Waals surface area (Å²) < 4.78 is 15.5. The van der Waals surface area contributed by atoms with E-state index >= 15 is 0 Å². The van der Waals surface area contributed by atoms with Crippen molar-refractivity contribution in [1.29, 1.82) is 0 Å². The average Bonchev–Trinajstić information content (AvgIpc) is 3.03. The zero-order valence-corrected chi connectivity index (χ0v) is 14.7. The number of aryl methyl sites for hydroxylation is 1. The maximum Gasteiger partial charge on any atom is 0.199 e. The molecule has 4 nitrogen and oxygen atoms in total. The Labute approximate surface area is 147 Å². The van der Waals surface area contributed by atoms with Crippen LogP contribution in [0.15, 0.2) is 42.7 Å². The van der Waals surface area contributed by atoms with E-state index in [1.54, 1.807) is 6.07 Å². The highest BCUT2D eigenvalue weighted by molar-refractivity contribution is 5.40. The van der Waals surface area contributed by atoms with Crippen LogP contribution in [0.5, 0.6) is 0 Å². The van der Waals surface area contributed by atoms with Gasteiger partial charge in [0, 0.05) is 25.0 Å². The summed E-state index contributed by atoms with van der Waals surface area (Å²) in [6.07, 6.45) is 7.07.